The van der Waals surface area contributed by atoms with Gasteiger partial charge in [-0.05, 0) is 55.0 Å². The molecule has 3 atom stereocenters. The monoisotopic (exact) mass is 442 g/mol. The van der Waals surface area contributed by atoms with Gasteiger partial charge >= 0.3 is 6.18 Å². The lowest BCUT2D eigenvalue weighted by Gasteiger charge is -2.26. The molecule has 6 nitrogen and oxygen atoms in total. The molecule has 3 aromatic rings. The van der Waals surface area contributed by atoms with Gasteiger partial charge in [-0.1, -0.05) is 23.8 Å². The summed E-state index contributed by atoms with van der Waals surface area (Å²) in [5.74, 6) is 0.424. The van der Waals surface area contributed by atoms with Crippen molar-refractivity contribution < 1.29 is 13.2 Å². The fourth-order valence-electron chi connectivity index (χ4n) is 4.77. The number of benzene rings is 1. The summed E-state index contributed by atoms with van der Waals surface area (Å²) in [4.78, 5) is 8.83. The minimum Gasteiger partial charge on any atom is -0.336 e. The molecule has 1 aliphatic heterocycles. The molecule has 0 saturated carbocycles. The number of pyridine rings is 1. The van der Waals surface area contributed by atoms with Crippen LogP contribution in [0.1, 0.15) is 47.1 Å². The van der Waals surface area contributed by atoms with Gasteiger partial charge in [0.1, 0.15) is 11.7 Å². The molecule has 2 aromatic heterocycles. The summed E-state index contributed by atoms with van der Waals surface area (Å²) in [6.45, 7) is 2.94. The maximum atomic E-state index is 13.3. The highest BCUT2D eigenvalue weighted by Gasteiger charge is 2.48. The SMILES string of the molecule is Cc1ccc2c(c1)CCCC2Cn1cnc(-c2cc(C3NNNC3C(F)(F)F)ccn2)c1. The fourth-order valence-corrected chi connectivity index (χ4v) is 4.77. The maximum absolute atomic E-state index is 13.3. The molecule has 0 spiro atoms. The zero-order valence-corrected chi connectivity index (χ0v) is 17.7. The number of hydrogen-bond donors (Lipinski definition) is 3. The fraction of sp³-hybridized carbons (Fsp3) is 0.391. The van der Waals surface area contributed by atoms with Crippen LogP contribution in [0.3, 0.4) is 0 Å². The third kappa shape index (κ3) is 4.15. The number of rotatable bonds is 4. The predicted molar refractivity (Wildman–Crippen MR) is 114 cm³/mol. The van der Waals surface area contributed by atoms with Gasteiger partial charge in [0, 0.05) is 24.9 Å². The van der Waals surface area contributed by atoms with E-state index in [-0.39, 0.29) is 0 Å². The van der Waals surface area contributed by atoms with E-state index in [1.54, 1.807) is 18.5 Å². The number of nitrogens with one attached hydrogen (secondary N) is 3. The number of aromatic nitrogens is 3. The predicted octanol–water partition coefficient (Wildman–Crippen LogP) is 3.96. The molecule has 168 valence electrons. The van der Waals surface area contributed by atoms with E-state index in [1.165, 1.54) is 29.3 Å². The molecule has 32 heavy (non-hydrogen) atoms. The molecule has 3 N–H and O–H groups in total. The second kappa shape index (κ2) is 8.31. The molecule has 1 aliphatic carbocycles. The van der Waals surface area contributed by atoms with Gasteiger partial charge in [0.25, 0.3) is 0 Å². The average molecular weight is 442 g/mol. The van der Waals surface area contributed by atoms with Crippen molar-refractivity contribution in [3.63, 3.8) is 0 Å². The molecule has 3 unspecified atom stereocenters. The number of hydrazine groups is 2. The van der Waals surface area contributed by atoms with Crippen LogP contribution in [-0.2, 0) is 13.0 Å². The van der Waals surface area contributed by atoms with Crippen LogP contribution in [0, 0.1) is 6.92 Å². The highest BCUT2D eigenvalue weighted by molar-refractivity contribution is 5.54. The van der Waals surface area contributed by atoms with E-state index in [2.05, 4.69) is 56.0 Å². The van der Waals surface area contributed by atoms with Crippen molar-refractivity contribution in [2.45, 2.75) is 56.9 Å². The second-order valence-electron chi connectivity index (χ2n) is 8.63. The summed E-state index contributed by atoms with van der Waals surface area (Å²) in [6, 6.07) is 7.26. The van der Waals surface area contributed by atoms with Gasteiger partial charge in [-0.3, -0.25) is 4.98 Å². The maximum Gasteiger partial charge on any atom is 0.407 e. The van der Waals surface area contributed by atoms with Crippen LogP contribution in [0.5, 0.6) is 0 Å². The number of nitrogens with zero attached hydrogens (tertiary/aromatic N) is 3. The van der Waals surface area contributed by atoms with Gasteiger partial charge in [0.15, 0.2) is 0 Å². The number of aryl methyl sites for hydroxylation is 2. The van der Waals surface area contributed by atoms with Crippen LogP contribution in [0.4, 0.5) is 13.2 Å². The number of hydrogen-bond acceptors (Lipinski definition) is 5. The Kier molecular flexibility index (Phi) is 5.48. The largest absolute Gasteiger partial charge is 0.407 e. The summed E-state index contributed by atoms with van der Waals surface area (Å²) in [6.07, 6.45) is 4.26. The Labute approximate surface area is 184 Å². The Bertz CT molecular complexity index is 1110. The van der Waals surface area contributed by atoms with Crippen molar-refractivity contribution in [2.75, 3.05) is 0 Å². The Morgan fingerprint density at radius 1 is 1.09 bits per heavy atom. The van der Waals surface area contributed by atoms with Gasteiger partial charge in [0.2, 0.25) is 0 Å². The molecule has 2 aliphatic rings. The molecule has 5 rings (SSSR count). The van der Waals surface area contributed by atoms with Gasteiger partial charge in [-0.2, -0.15) is 18.7 Å². The molecular weight excluding hydrogens is 417 g/mol. The van der Waals surface area contributed by atoms with Gasteiger partial charge < -0.3 is 4.57 Å². The minimum atomic E-state index is -4.39. The van der Waals surface area contributed by atoms with Crippen LogP contribution in [0.15, 0.2) is 49.1 Å². The second-order valence-corrected chi connectivity index (χ2v) is 8.63. The summed E-state index contributed by atoms with van der Waals surface area (Å²) in [7, 11) is 0. The molecule has 0 bridgehead atoms. The summed E-state index contributed by atoms with van der Waals surface area (Å²) < 4.78 is 42.0. The first-order valence-corrected chi connectivity index (χ1v) is 10.8. The Morgan fingerprint density at radius 3 is 2.81 bits per heavy atom. The molecule has 1 fully saturated rings. The smallest absolute Gasteiger partial charge is 0.336 e. The average Bonchev–Trinajstić information content (AvgIpc) is 3.44. The Hall–Kier alpha value is -2.75. The minimum absolute atomic E-state index is 0.424. The number of alkyl halides is 3. The van der Waals surface area contributed by atoms with E-state index >= 15 is 0 Å². The summed E-state index contributed by atoms with van der Waals surface area (Å²) in [5.41, 5.74) is 13.1. The van der Waals surface area contributed by atoms with E-state index < -0.39 is 18.3 Å². The zero-order chi connectivity index (χ0) is 22.3. The van der Waals surface area contributed by atoms with E-state index in [0.29, 0.717) is 22.9 Å². The molecule has 3 heterocycles. The van der Waals surface area contributed by atoms with Crippen molar-refractivity contribution in [3.05, 3.63) is 71.3 Å². The lowest BCUT2D eigenvalue weighted by Crippen LogP contribution is -2.43. The van der Waals surface area contributed by atoms with E-state index in [9.17, 15) is 13.2 Å². The first-order valence-electron chi connectivity index (χ1n) is 10.8. The molecule has 1 saturated heterocycles. The lowest BCUT2D eigenvalue weighted by atomic mass is 9.82. The Balaban J connectivity index is 1.36. The third-order valence-corrected chi connectivity index (χ3v) is 6.35. The third-order valence-electron chi connectivity index (χ3n) is 6.35. The molecule has 9 heteroatoms. The van der Waals surface area contributed by atoms with Gasteiger partial charge in [-0.25, -0.2) is 15.8 Å². The topological polar surface area (TPSA) is 66.8 Å². The number of imidazole rings is 1. The first kappa shape index (κ1) is 21.1. The molecule has 0 radical (unpaired) electrons. The number of fused-ring (bicyclic) bond motifs is 1. The molecular formula is C23H25F3N6. The van der Waals surface area contributed by atoms with Crippen LogP contribution in [-0.4, -0.2) is 26.8 Å². The van der Waals surface area contributed by atoms with Crippen LogP contribution in [0.25, 0.3) is 11.4 Å². The van der Waals surface area contributed by atoms with Crippen LogP contribution >= 0.6 is 0 Å². The van der Waals surface area contributed by atoms with Crippen LogP contribution < -0.4 is 16.4 Å². The normalized spacial score (nSPS) is 23.3. The molecule has 0 amide bonds. The van der Waals surface area contributed by atoms with Crippen molar-refractivity contribution in [2.24, 2.45) is 0 Å². The van der Waals surface area contributed by atoms with E-state index in [1.807, 2.05) is 6.20 Å². The first-order chi connectivity index (χ1) is 15.4. The van der Waals surface area contributed by atoms with Crippen molar-refractivity contribution in [3.8, 4) is 11.4 Å². The summed E-state index contributed by atoms with van der Waals surface area (Å²) in [5, 5.41) is 0. The van der Waals surface area contributed by atoms with E-state index in [0.717, 1.165) is 19.4 Å². The highest BCUT2D eigenvalue weighted by atomic mass is 19.4. The van der Waals surface area contributed by atoms with Crippen molar-refractivity contribution in [1.29, 1.82) is 0 Å². The lowest BCUT2D eigenvalue weighted by molar-refractivity contribution is -0.156. The van der Waals surface area contributed by atoms with E-state index in [4.69, 9.17) is 0 Å². The Morgan fingerprint density at radius 2 is 1.97 bits per heavy atom. The zero-order valence-electron chi connectivity index (χ0n) is 17.7. The highest BCUT2D eigenvalue weighted by Crippen LogP contribution is 2.34. The van der Waals surface area contributed by atoms with Gasteiger partial charge in [0.05, 0.1) is 18.1 Å². The molecule has 1 aromatic carbocycles. The van der Waals surface area contributed by atoms with Crippen LogP contribution in [0.2, 0.25) is 0 Å². The number of halogens is 3. The van der Waals surface area contributed by atoms with Gasteiger partial charge in [-0.15, -0.1) is 0 Å². The summed E-state index contributed by atoms with van der Waals surface area (Å²) >= 11 is 0. The van der Waals surface area contributed by atoms with Crippen molar-refractivity contribution in [1.82, 2.24) is 30.9 Å². The quantitative estimate of drug-likeness (QED) is 0.571. The standard InChI is InChI=1S/C23H25F3N6/c1-14-5-6-18-15(9-14)3-2-4-17(18)11-32-12-20(28-13-32)19-10-16(7-8-27-19)21-22(23(24,25)26)30-31-29-21/h5-10,12-13,17,21-22,29-31H,2-4,11H2,1H3. The van der Waals surface area contributed by atoms with Crippen molar-refractivity contribution >= 4 is 0 Å².